The fraction of sp³-hybridized carbons (Fsp3) is 0. The summed E-state index contributed by atoms with van der Waals surface area (Å²) in [6, 6.07) is 7.28. The minimum Gasteiger partial charge on any atom is -0.478 e. The summed E-state index contributed by atoms with van der Waals surface area (Å²) in [5.41, 5.74) is 0.00621. The van der Waals surface area contributed by atoms with Gasteiger partial charge in [-0.05, 0) is 29.7 Å². The Bertz CT molecular complexity index is 741. The molecule has 92 valence electrons. The highest BCUT2D eigenvalue weighted by Crippen LogP contribution is 2.31. The lowest BCUT2D eigenvalue weighted by atomic mass is 10.1. The number of benzene rings is 2. The summed E-state index contributed by atoms with van der Waals surface area (Å²) in [7, 11) is 0. The molecule has 0 bridgehead atoms. The average molecular weight is 254 g/mol. The predicted octanol–water partition coefficient (Wildman–Crippen LogP) is 2.26. The number of aromatic carboxylic acids is 1. The van der Waals surface area contributed by atoms with Crippen LogP contribution in [0.3, 0.4) is 0 Å². The fourth-order valence-electron chi connectivity index (χ4n) is 1.68. The Hall–Kier alpha value is -3.25. The second-order valence-corrected chi connectivity index (χ2v) is 3.55. The molecule has 1 N–H and O–H groups in total. The molecule has 0 aliphatic heterocycles. The van der Waals surface area contributed by atoms with Gasteiger partial charge in [0.2, 0.25) is 0 Å². The highest BCUT2D eigenvalue weighted by Gasteiger charge is 2.11. The van der Waals surface area contributed by atoms with Crippen LogP contribution in [0.5, 0.6) is 11.5 Å². The Morgan fingerprint density at radius 3 is 2.47 bits per heavy atom. The normalized spacial score (nSPS) is 9.37. The average Bonchev–Trinajstić information content (AvgIpc) is 2.39. The van der Waals surface area contributed by atoms with E-state index in [1.807, 2.05) is 0 Å². The van der Waals surface area contributed by atoms with Gasteiger partial charge in [0.15, 0.2) is 5.75 Å². The second kappa shape index (κ2) is 4.94. The predicted molar refractivity (Wildman–Crippen MR) is 63.4 cm³/mol. The first kappa shape index (κ1) is 12.2. The maximum Gasteiger partial charge on any atom is 0.335 e. The van der Waals surface area contributed by atoms with Crippen LogP contribution in [0.25, 0.3) is 10.8 Å². The van der Waals surface area contributed by atoms with Gasteiger partial charge in [-0.1, -0.05) is 6.07 Å². The van der Waals surface area contributed by atoms with Crippen LogP contribution in [-0.2, 0) is 0 Å². The number of carboxylic acids is 1. The Labute approximate surface area is 107 Å². The van der Waals surface area contributed by atoms with E-state index in [1.54, 1.807) is 6.07 Å². The zero-order valence-electron chi connectivity index (χ0n) is 9.45. The van der Waals surface area contributed by atoms with Crippen molar-refractivity contribution < 1.29 is 19.4 Å². The largest absolute Gasteiger partial charge is 0.478 e. The molecule has 6 nitrogen and oxygen atoms in total. The number of nitrogens with zero attached hydrogens (tertiary/aromatic N) is 2. The van der Waals surface area contributed by atoms with Crippen LogP contribution in [0, 0.1) is 23.0 Å². The summed E-state index contributed by atoms with van der Waals surface area (Å²) in [6.07, 6.45) is 3.02. The zero-order valence-corrected chi connectivity index (χ0v) is 9.45. The van der Waals surface area contributed by atoms with E-state index in [4.69, 9.17) is 20.4 Å². The van der Waals surface area contributed by atoms with Crippen molar-refractivity contribution in [1.82, 2.24) is 0 Å². The van der Waals surface area contributed by atoms with E-state index in [-0.39, 0.29) is 17.1 Å². The van der Waals surface area contributed by atoms with Crippen LogP contribution >= 0.6 is 0 Å². The maximum atomic E-state index is 11.0. The highest BCUT2D eigenvalue weighted by atomic mass is 16.5. The molecular weight excluding hydrogens is 248 g/mol. The number of hydrogen-bond acceptors (Lipinski definition) is 5. The second-order valence-electron chi connectivity index (χ2n) is 3.55. The van der Waals surface area contributed by atoms with Crippen LogP contribution in [-0.4, -0.2) is 11.1 Å². The molecule has 0 aromatic heterocycles. The van der Waals surface area contributed by atoms with E-state index >= 15 is 0 Å². The lowest BCUT2D eigenvalue weighted by Gasteiger charge is -2.06. The van der Waals surface area contributed by atoms with Crippen molar-refractivity contribution in [2.75, 3.05) is 0 Å². The molecule has 0 radical (unpaired) electrons. The van der Waals surface area contributed by atoms with Gasteiger partial charge < -0.3 is 14.6 Å². The molecule has 0 saturated carbocycles. The molecule has 0 fully saturated rings. The van der Waals surface area contributed by atoms with E-state index in [0.29, 0.717) is 10.8 Å². The first-order chi connectivity index (χ1) is 9.15. The SMILES string of the molecule is N#COc1ccc2cc(C(=O)O)cc(OC#N)c2c1. The number of ether oxygens (including phenoxy) is 2. The number of hydrogen-bond donors (Lipinski definition) is 1. The van der Waals surface area contributed by atoms with Gasteiger partial charge in [-0.25, -0.2) is 4.79 Å². The lowest BCUT2D eigenvalue weighted by Crippen LogP contribution is -1.97. The van der Waals surface area contributed by atoms with Gasteiger partial charge in [0.25, 0.3) is 12.5 Å². The molecule has 19 heavy (non-hydrogen) atoms. The molecule has 0 aliphatic carbocycles. The van der Waals surface area contributed by atoms with E-state index in [2.05, 4.69) is 4.74 Å². The monoisotopic (exact) mass is 254 g/mol. The summed E-state index contributed by atoms with van der Waals surface area (Å²) >= 11 is 0. The third-order valence-electron chi connectivity index (χ3n) is 2.45. The molecule has 0 atom stereocenters. The molecule has 0 heterocycles. The zero-order chi connectivity index (χ0) is 13.8. The van der Waals surface area contributed by atoms with Gasteiger partial charge in [-0.3, -0.25) is 0 Å². The number of nitriles is 2. The van der Waals surface area contributed by atoms with Crippen molar-refractivity contribution in [3.05, 3.63) is 35.9 Å². The van der Waals surface area contributed by atoms with Gasteiger partial charge in [0.1, 0.15) is 5.75 Å². The van der Waals surface area contributed by atoms with Gasteiger partial charge in [-0.15, -0.1) is 10.5 Å². The first-order valence-electron chi connectivity index (χ1n) is 5.08. The molecule has 2 rings (SSSR count). The summed E-state index contributed by atoms with van der Waals surface area (Å²) in [4.78, 5) is 11.0. The Balaban J connectivity index is 2.69. The molecule has 2 aromatic rings. The molecule has 0 aliphatic rings. The van der Waals surface area contributed by atoms with Crippen molar-refractivity contribution >= 4 is 16.7 Å². The fourth-order valence-corrected chi connectivity index (χ4v) is 1.68. The molecular formula is C13H6N2O4. The molecule has 0 spiro atoms. The minimum atomic E-state index is -1.12. The molecule has 0 saturated heterocycles. The molecule has 0 unspecified atom stereocenters. The van der Waals surface area contributed by atoms with Crippen molar-refractivity contribution in [2.45, 2.75) is 0 Å². The van der Waals surface area contributed by atoms with Crippen LogP contribution < -0.4 is 9.47 Å². The number of rotatable bonds is 3. The van der Waals surface area contributed by atoms with Crippen LogP contribution in [0.1, 0.15) is 10.4 Å². The van der Waals surface area contributed by atoms with E-state index in [1.165, 1.54) is 36.8 Å². The van der Waals surface area contributed by atoms with E-state index < -0.39 is 5.97 Å². The summed E-state index contributed by atoms with van der Waals surface area (Å²) < 4.78 is 9.42. The van der Waals surface area contributed by atoms with E-state index in [9.17, 15) is 4.79 Å². The van der Waals surface area contributed by atoms with Crippen LogP contribution in [0.2, 0.25) is 0 Å². The molecule has 0 amide bonds. The third kappa shape index (κ3) is 2.38. The van der Waals surface area contributed by atoms with Crippen molar-refractivity contribution in [3.8, 4) is 24.0 Å². The van der Waals surface area contributed by atoms with Crippen molar-refractivity contribution in [3.63, 3.8) is 0 Å². The Morgan fingerprint density at radius 1 is 1.11 bits per heavy atom. The first-order valence-corrected chi connectivity index (χ1v) is 5.08. The van der Waals surface area contributed by atoms with Gasteiger partial charge in [-0.2, -0.15) is 0 Å². The quantitative estimate of drug-likeness (QED) is 0.842. The number of fused-ring (bicyclic) bond motifs is 1. The molecule has 2 aromatic carbocycles. The molecule has 6 heteroatoms. The lowest BCUT2D eigenvalue weighted by molar-refractivity contribution is 0.0696. The summed E-state index contributed by atoms with van der Waals surface area (Å²) in [6.45, 7) is 0. The smallest absolute Gasteiger partial charge is 0.335 e. The van der Waals surface area contributed by atoms with Crippen molar-refractivity contribution in [1.29, 1.82) is 10.5 Å². The van der Waals surface area contributed by atoms with Gasteiger partial charge >= 0.3 is 5.97 Å². The van der Waals surface area contributed by atoms with E-state index in [0.717, 1.165) is 0 Å². The topological polar surface area (TPSA) is 103 Å². The maximum absolute atomic E-state index is 11.0. The standard InChI is InChI=1S/C13H6N2O4/c14-6-18-10-2-1-8-3-9(13(16)17)4-12(19-7-15)11(8)5-10/h1-5H,(H,16,17). The van der Waals surface area contributed by atoms with Gasteiger partial charge in [0.05, 0.1) is 5.56 Å². The minimum absolute atomic E-state index is 0.00621. The van der Waals surface area contributed by atoms with Gasteiger partial charge in [0, 0.05) is 5.39 Å². The van der Waals surface area contributed by atoms with Crippen molar-refractivity contribution in [2.24, 2.45) is 0 Å². The highest BCUT2D eigenvalue weighted by molar-refractivity contribution is 5.98. The van der Waals surface area contributed by atoms with Crippen LogP contribution in [0.4, 0.5) is 0 Å². The Morgan fingerprint density at radius 2 is 1.84 bits per heavy atom. The Kier molecular flexibility index (Phi) is 3.18. The number of carbonyl (C=O) groups is 1. The number of carboxylic acid groups (broad SMARTS) is 1. The van der Waals surface area contributed by atoms with Crippen LogP contribution in [0.15, 0.2) is 30.3 Å². The summed E-state index contributed by atoms with van der Waals surface area (Å²) in [5.74, 6) is -0.747. The summed E-state index contributed by atoms with van der Waals surface area (Å²) in [5, 5.41) is 27.0. The third-order valence-corrected chi connectivity index (χ3v) is 2.45.